The fourth-order valence-corrected chi connectivity index (χ4v) is 1.04. The van der Waals surface area contributed by atoms with E-state index in [0.29, 0.717) is 5.69 Å². The van der Waals surface area contributed by atoms with Gasteiger partial charge in [-0.25, -0.2) is 4.98 Å². The summed E-state index contributed by atoms with van der Waals surface area (Å²) in [6, 6.07) is -0.440. The molecule has 2 N–H and O–H groups in total. The molecule has 0 spiro atoms. The Kier molecular flexibility index (Phi) is 2.60. The molecule has 0 unspecified atom stereocenters. The summed E-state index contributed by atoms with van der Waals surface area (Å²) in [5.74, 6) is 0. The highest BCUT2D eigenvalue weighted by Crippen LogP contribution is 2.19. The van der Waals surface area contributed by atoms with E-state index in [0.717, 1.165) is 10.9 Å². The summed E-state index contributed by atoms with van der Waals surface area (Å²) in [6.07, 6.45) is -1.76. The predicted octanol–water partition coefficient (Wildman–Crippen LogP) is 1.47. The molecular formula is C7H10F3N3. The summed E-state index contributed by atoms with van der Waals surface area (Å²) in [7, 11) is 0. The van der Waals surface area contributed by atoms with Gasteiger partial charge in [0.2, 0.25) is 0 Å². The Morgan fingerprint density at radius 2 is 2.23 bits per heavy atom. The first-order chi connectivity index (χ1) is 5.90. The van der Waals surface area contributed by atoms with Crippen molar-refractivity contribution in [1.82, 2.24) is 9.55 Å². The maximum Gasteiger partial charge on any atom is 0.406 e. The second-order valence-electron chi connectivity index (χ2n) is 2.85. The molecule has 0 aliphatic heterocycles. The first-order valence-corrected chi connectivity index (χ1v) is 3.72. The summed E-state index contributed by atoms with van der Waals surface area (Å²) in [6.45, 7) is 0.577. The highest BCUT2D eigenvalue weighted by Gasteiger charge is 2.29. The van der Waals surface area contributed by atoms with Gasteiger partial charge in [0.05, 0.1) is 12.0 Å². The molecule has 1 rings (SSSR count). The number of nitrogens with zero attached hydrogens (tertiary/aromatic N) is 2. The highest BCUT2D eigenvalue weighted by molar-refractivity contribution is 5.03. The normalized spacial score (nSPS) is 14.5. The molecule has 1 heterocycles. The average molecular weight is 193 g/mol. The van der Waals surface area contributed by atoms with Crippen molar-refractivity contribution in [1.29, 1.82) is 0 Å². The van der Waals surface area contributed by atoms with Crippen molar-refractivity contribution >= 4 is 0 Å². The van der Waals surface area contributed by atoms with Crippen LogP contribution in [-0.2, 0) is 6.54 Å². The summed E-state index contributed by atoms with van der Waals surface area (Å²) in [5, 5.41) is 0. The molecule has 0 aliphatic carbocycles. The quantitative estimate of drug-likeness (QED) is 0.772. The van der Waals surface area contributed by atoms with Crippen molar-refractivity contribution in [2.45, 2.75) is 25.7 Å². The predicted molar refractivity (Wildman–Crippen MR) is 40.9 cm³/mol. The molecule has 1 aromatic rings. The van der Waals surface area contributed by atoms with E-state index in [1.165, 1.54) is 6.20 Å². The zero-order valence-electron chi connectivity index (χ0n) is 7.04. The topological polar surface area (TPSA) is 43.8 Å². The monoisotopic (exact) mass is 193 g/mol. The van der Waals surface area contributed by atoms with Gasteiger partial charge in [-0.3, -0.25) is 0 Å². The Labute approximate surface area is 73.4 Å². The highest BCUT2D eigenvalue weighted by atomic mass is 19.4. The molecule has 3 nitrogen and oxygen atoms in total. The van der Waals surface area contributed by atoms with Crippen molar-refractivity contribution < 1.29 is 13.2 Å². The molecule has 13 heavy (non-hydrogen) atoms. The number of nitrogens with two attached hydrogens (primary N) is 1. The molecular weight excluding hydrogens is 183 g/mol. The molecule has 0 aliphatic rings. The number of halogens is 3. The van der Waals surface area contributed by atoms with Crippen LogP contribution in [0, 0.1) is 0 Å². The zero-order chi connectivity index (χ0) is 10.1. The number of imidazole rings is 1. The minimum Gasteiger partial charge on any atom is -0.324 e. The zero-order valence-corrected chi connectivity index (χ0v) is 7.04. The third-order valence-corrected chi connectivity index (χ3v) is 1.56. The number of hydrogen-bond donors (Lipinski definition) is 1. The largest absolute Gasteiger partial charge is 0.406 e. The minimum atomic E-state index is -4.23. The van der Waals surface area contributed by atoms with E-state index in [1.54, 1.807) is 6.92 Å². The van der Waals surface area contributed by atoms with Crippen molar-refractivity contribution in [2.24, 2.45) is 5.73 Å². The number of alkyl halides is 3. The molecule has 0 bridgehead atoms. The van der Waals surface area contributed by atoms with Gasteiger partial charge in [-0.15, -0.1) is 0 Å². The van der Waals surface area contributed by atoms with E-state index >= 15 is 0 Å². The van der Waals surface area contributed by atoms with Crippen LogP contribution in [0.15, 0.2) is 12.5 Å². The lowest BCUT2D eigenvalue weighted by atomic mass is 10.3. The van der Waals surface area contributed by atoms with Crippen LogP contribution in [0.1, 0.15) is 18.7 Å². The standard InChI is InChI=1S/C7H10F3N3/c1-5(11)6-2-12-4-13(6)3-7(8,9)10/h2,4-5H,3,11H2,1H3/t5-/m1/s1. The van der Waals surface area contributed by atoms with E-state index in [4.69, 9.17) is 5.73 Å². The smallest absolute Gasteiger partial charge is 0.324 e. The molecule has 0 radical (unpaired) electrons. The molecule has 0 saturated carbocycles. The van der Waals surface area contributed by atoms with Crippen molar-refractivity contribution in [3.05, 3.63) is 18.2 Å². The van der Waals surface area contributed by atoms with E-state index in [2.05, 4.69) is 4.98 Å². The van der Waals surface area contributed by atoms with Gasteiger partial charge >= 0.3 is 6.18 Å². The number of aromatic nitrogens is 2. The maximum absolute atomic E-state index is 12.0. The second-order valence-corrected chi connectivity index (χ2v) is 2.85. The first kappa shape index (κ1) is 10.0. The van der Waals surface area contributed by atoms with Crippen LogP contribution < -0.4 is 5.73 Å². The van der Waals surface area contributed by atoms with Gasteiger partial charge in [-0.05, 0) is 6.92 Å². The third-order valence-electron chi connectivity index (χ3n) is 1.56. The van der Waals surface area contributed by atoms with Crippen molar-refractivity contribution in [3.63, 3.8) is 0 Å². The molecule has 0 saturated heterocycles. The van der Waals surface area contributed by atoms with Gasteiger partial charge in [-0.1, -0.05) is 0 Å². The van der Waals surface area contributed by atoms with Gasteiger partial charge in [0, 0.05) is 12.2 Å². The Bertz CT molecular complexity index is 277. The van der Waals surface area contributed by atoms with Crippen LogP contribution in [0.3, 0.4) is 0 Å². The molecule has 0 fully saturated rings. The fourth-order valence-electron chi connectivity index (χ4n) is 1.04. The van der Waals surface area contributed by atoms with Crippen LogP contribution >= 0.6 is 0 Å². The van der Waals surface area contributed by atoms with Crippen molar-refractivity contribution in [2.75, 3.05) is 0 Å². The molecule has 74 valence electrons. The SMILES string of the molecule is C[C@@H](N)c1cncn1CC(F)(F)F. The van der Waals surface area contributed by atoms with E-state index < -0.39 is 18.8 Å². The van der Waals surface area contributed by atoms with Crippen molar-refractivity contribution in [3.8, 4) is 0 Å². The molecule has 6 heteroatoms. The van der Waals surface area contributed by atoms with E-state index in [1.807, 2.05) is 0 Å². The average Bonchev–Trinajstić information content (AvgIpc) is 2.31. The summed E-state index contributed by atoms with van der Waals surface area (Å²) in [4.78, 5) is 3.61. The minimum absolute atomic E-state index is 0.386. The summed E-state index contributed by atoms with van der Waals surface area (Å²) < 4.78 is 36.9. The lowest BCUT2D eigenvalue weighted by Crippen LogP contribution is -2.21. The molecule has 0 amide bonds. The van der Waals surface area contributed by atoms with Gasteiger partial charge in [-0.2, -0.15) is 13.2 Å². The maximum atomic E-state index is 12.0. The molecule has 0 aromatic carbocycles. The van der Waals surface area contributed by atoms with Crippen LogP contribution in [0.4, 0.5) is 13.2 Å². The van der Waals surface area contributed by atoms with Gasteiger partial charge in [0.1, 0.15) is 6.54 Å². The summed E-state index contributed by atoms with van der Waals surface area (Å²) in [5.41, 5.74) is 5.84. The first-order valence-electron chi connectivity index (χ1n) is 3.72. The number of hydrogen-bond acceptors (Lipinski definition) is 2. The van der Waals surface area contributed by atoms with Crippen LogP contribution in [0.5, 0.6) is 0 Å². The lowest BCUT2D eigenvalue weighted by Gasteiger charge is -2.12. The Morgan fingerprint density at radius 1 is 1.62 bits per heavy atom. The fraction of sp³-hybridized carbons (Fsp3) is 0.571. The van der Waals surface area contributed by atoms with Crippen LogP contribution in [0.25, 0.3) is 0 Å². The third kappa shape index (κ3) is 2.73. The van der Waals surface area contributed by atoms with E-state index in [9.17, 15) is 13.2 Å². The van der Waals surface area contributed by atoms with Gasteiger partial charge in [0.15, 0.2) is 0 Å². The Balaban J connectivity index is 2.83. The number of rotatable bonds is 2. The lowest BCUT2D eigenvalue weighted by molar-refractivity contribution is -0.141. The van der Waals surface area contributed by atoms with Crippen LogP contribution in [-0.4, -0.2) is 15.7 Å². The van der Waals surface area contributed by atoms with Gasteiger partial charge < -0.3 is 10.3 Å². The summed E-state index contributed by atoms with van der Waals surface area (Å²) >= 11 is 0. The van der Waals surface area contributed by atoms with Gasteiger partial charge in [0.25, 0.3) is 0 Å². The van der Waals surface area contributed by atoms with E-state index in [-0.39, 0.29) is 0 Å². The second kappa shape index (κ2) is 3.37. The Morgan fingerprint density at radius 3 is 2.69 bits per heavy atom. The van der Waals surface area contributed by atoms with Crippen LogP contribution in [0.2, 0.25) is 0 Å². The Hall–Kier alpha value is -1.04. The molecule has 1 aromatic heterocycles. The molecule has 1 atom stereocenters.